The Morgan fingerprint density at radius 3 is 2.72 bits per heavy atom. The van der Waals surface area contributed by atoms with Gasteiger partial charge in [0.1, 0.15) is 0 Å². The van der Waals surface area contributed by atoms with Crippen molar-refractivity contribution in [2.24, 2.45) is 0 Å². The number of hydrogen-bond acceptors (Lipinski definition) is 3. The van der Waals surface area contributed by atoms with E-state index in [-0.39, 0.29) is 6.04 Å². The molecule has 1 atom stereocenters. The summed E-state index contributed by atoms with van der Waals surface area (Å²) in [5.41, 5.74) is 2.18. The van der Waals surface area contributed by atoms with Crippen LogP contribution in [0.25, 0.3) is 0 Å². The van der Waals surface area contributed by atoms with E-state index >= 15 is 0 Å². The summed E-state index contributed by atoms with van der Waals surface area (Å²) in [7, 11) is 1.91. The van der Waals surface area contributed by atoms with Gasteiger partial charge in [0.05, 0.1) is 8.67 Å². The van der Waals surface area contributed by atoms with Crippen molar-refractivity contribution >= 4 is 50.5 Å². The minimum Gasteiger partial charge on any atom is -0.313 e. The van der Waals surface area contributed by atoms with E-state index in [2.05, 4.69) is 32.3 Å². The molecule has 0 radical (unpaired) electrons. The normalized spacial score (nSPS) is 12.7. The summed E-state index contributed by atoms with van der Waals surface area (Å²) in [6.07, 6.45) is 4.44. The summed E-state index contributed by atoms with van der Waals surface area (Å²) in [6, 6.07) is 4.11. The number of hydrogen-bond donors (Lipinski definition) is 1. The summed E-state index contributed by atoms with van der Waals surface area (Å²) >= 11 is 17.0. The van der Waals surface area contributed by atoms with Crippen molar-refractivity contribution in [1.82, 2.24) is 10.3 Å². The molecule has 1 unspecified atom stereocenters. The van der Waals surface area contributed by atoms with Crippen molar-refractivity contribution in [3.8, 4) is 0 Å². The van der Waals surface area contributed by atoms with Gasteiger partial charge in [0.2, 0.25) is 0 Å². The Bertz CT molecular complexity index is 545. The van der Waals surface area contributed by atoms with E-state index < -0.39 is 0 Å². The second kappa shape index (κ2) is 6.35. The molecule has 0 aliphatic rings. The molecule has 0 aliphatic heterocycles. The van der Waals surface area contributed by atoms with E-state index in [0.717, 1.165) is 26.4 Å². The number of halogens is 3. The maximum Gasteiger partial charge on any atom is 0.0992 e. The van der Waals surface area contributed by atoms with Gasteiger partial charge in [-0.05, 0) is 47.1 Å². The lowest BCUT2D eigenvalue weighted by Crippen LogP contribution is -2.18. The number of pyridine rings is 1. The van der Waals surface area contributed by atoms with Gasteiger partial charge in [-0.2, -0.15) is 0 Å². The van der Waals surface area contributed by atoms with Crippen LogP contribution in [0.5, 0.6) is 0 Å². The number of rotatable bonds is 4. The van der Waals surface area contributed by atoms with Crippen molar-refractivity contribution in [3.05, 3.63) is 48.8 Å². The minimum absolute atomic E-state index is 0.136. The van der Waals surface area contributed by atoms with Crippen molar-refractivity contribution in [3.63, 3.8) is 0 Å². The van der Waals surface area contributed by atoms with E-state index in [9.17, 15) is 0 Å². The maximum atomic E-state index is 6.19. The number of thiophene rings is 1. The summed E-state index contributed by atoms with van der Waals surface area (Å²) in [6.45, 7) is 0. The summed E-state index contributed by atoms with van der Waals surface area (Å²) < 4.78 is 2.43. The Morgan fingerprint density at radius 1 is 1.39 bits per heavy atom. The van der Waals surface area contributed by atoms with Crippen LogP contribution >= 0.6 is 50.5 Å². The number of aromatic nitrogens is 1. The highest BCUT2D eigenvalue weighted by Gasteiger charge is 2.16. The summed E-state index contributed by atoms with van der Waals surface area (Å²) in [5, 5.41) is 3.26. The molecule has 0 fully saturated rings. The fourth-order valence-electron chi connectivity index (χ4n) is 1.76. The predicted molar refractivity (Wildman–Crippen MR) is 81.8 cm³/mol. The van der Waals surface area contributed by atoms with Gasteiger partial charge >= 0.3 is 0 Å². The zero-order chi connectivity index (χ0) is 13.1. The molecule has 18 heavy (non-hydrogen) atoms. The van der Waals surface area contributed by atoms with Crippen LogP contribution in [0.1, 0.15) is 17.2 Å². The molecule has 6 heteroatoms. The molecule has 0 aromatic carbocycles. The third kappa shape index (κ3) is 3.45. The number of nitrogens with one attached hydrogen (secondary N) is 1. The molecule has 2 rings (SSSR count). The average molecular weight is 366 g/mol. The Labute approximate surface area is 128 Å². The van der Waals surface area contributed by atoms with Gasteiger partial charge in [-0.1, -0.05) is 23.2 Å². The Kier molecular flexibility index (Phi) is 5.04. The molecule has 0 saturated carbocycles. The molecule has 2 nitrogen and oxygen atoms in total. The van der Waals surface area contributed by atoms with Gasteiger partial charge < -0.3 is 5.32 Å². The van der Waals surface area contributed by atoms with Gasteiger partial charge in [0.25, 0.3) is 0 Å². The van der Waals surface area contributed by atoms with Gasteiger partial charge in [0, 0.05) is 28.5 Å². The molecule has 2 aromatic heterocycles. The molecule has 2 aromatic rings. The molecule has 2 heterocycles. The molecule has 0 saturated heterocycles. The number of likely N-dealkylation sites (N-methyl/N-ethyl adjacent to an activating group) is 1. The summed E-state index contributed by atoms with van der Waals surface area (Å²) in [4.78, 5) is 4.16. The monoisotopic (exact) mass is 364 g/mol. The zero-order valence-electron chi connectivity index (χ0n) is 9.58. The average Bonchev–Trinajstić information content (AvgIpc) is 2.65. The van der Waals surface area contributed by atoms with Crippen LogP contribution in [-0.2, 0) is 6.42 Å². The highest BCUT2D eigenvalue weighted by atomic mass is 79.9. The fraction of sp³-hybridized carbons (Fsp3) is 0.250. The second-order valence-electron chi connectivity index (χ2n) is 3.84. The first-order chi connectivity index (χ1) is 8.60. The number of nitrogens with zero attached hydrogens (tertiary/aromatic N) is 1. The van der Waals surface area contributed by atoms with Crippen LogP contribution in [0.2, 0.25) is 8.67 Å². The molecule has 96 valence electrons. The van der Waals surface area contributed by atoms with E-state index in [1.54, 1.807) is 6.20 Å². The van der Waals surface area contributed by atoms with Crippen molar-refractivity contribution < 1.29 is 0 Å². The lowest BCUT2D eigenvalue weighted by molar-refractivity contribution is 0.593. The predicted octanol–water partition coefficient (Wildman–Crippen LogP) is 4.72. The topological polar surface area (TPSA) is 24.9 Å². The molecule has 0 spiro atoms. The first-order valence-corrected chi connectivity index (χ1v) is 7.68. The Morgan fingerprint density at radius 2 is 2.17 bits per heavy atom. The van der Waals surface area contributed by atoms with Crippen molar-refractivity contribution in [2.45, 2.75) is 12.5 Å². The molecular weight excluding hydrogens is 355 g/mol. The molecule has 0 aliphatic carbocycles. The van der Waals surface area contributed by atoms with Gasteiger partial charge in [-0.25, -0.2) is 0 Å². The molecule has 0 bridgehead atoms. The third-order valence-corrected chi connectivity index (χ3v) is 4.56. The van der Waals surface area contributed by atoms with Crippen LogP contribution in [-0.4, -0.2) is 12.0 Å². The molecule has 0 amide bonds. The van der Waals surface area contributed by atoms with E-state index in [0.29, 0.717) is 4.34 Å². The highest BCUT2D eigenvalue weighted by molar-refractivity contribution is 9.10. The summed E-state index contributed by atoms with van der Waals surface area (Å²) in [5.74, 6) is 0. The zero-order valence-corrected chi connectivity index (χ0v) is 13.5. The van der Waals surface area contributed by atoms with Gasteiger partial charge in [-0.15, -0.1) is 11.3 Å². The van der Waals surface area contributed by atoms with E-state index in [1.807, 2.05) is 19.3 Å². The molecule has 1 N–H and O–H groups in total. The molecular formula is C12H11BrCl2N2S. The van der Waals surface area contributed by atoms with Gasteiger partial charge in [0.15, 0.2) is 0 Å². The van der Waals surface area contributed by atoms with Crippen LogP contribution in [0, 0.1) is 0 Å². The Hall–Kier alpha value is -0.130. The third-order valence-electron chi connectivity index (χ3n) is 2.61. The standard InChI is InChI=1S/C12H11BrCl2N2S/c1-16-10(9-4-11(14)18-12(9)15)3-7-2-8(13)6-17-5-7/h2,4-6,10,16H,3H2,1H3. The first kappa shape index (κ1) is 14.3. The smallest absolute Gasteiger partial charge is 0.0992 e. The van der Waals surface area contributed by atoms with Crippen molar-refractivity contribution in [2.75, 3.05) is 7.05 Å². The quantitative estimate of drug-likeness (QED) is 0.848. The first-order valence-electron chi connectivity index (χ1n) is 5.31. The van der Waals surface area contributed by atoms with Crippen LogP contribution in [0.4, 0.5) is 0 Å². The van der Waals surface area contributed by atoms with Crippen LogP contribution in [0.3, 0.4) is 0 Å². The SMILES string of the molecule is CNC(Cc1cncc(Br)c1)c1cc(Cl)sc1Cl. The minimum atomic E-state index is 0.136. The maximum absolute atomic E-state index is 6.19. The van der Waals surface area contributed by atoms with E-state index in [4.69, 9.17) is 23.2 Å². The lowest BCUT2D eigenvalue weighted by Gasteiger charge is -2.15. The fourth-order valence-corrected chi connectivity index (χ4v) is 3.75. The van der Waals surface area contributed by atoms with Crippen LogP contribution < -0.4 is 5.32 Å². The van der Waals surface area contributed by atoms with Crippen molar-refractivity contribution in [1.29, 1.82) is 0 Å². The lowest BCUT2D eigenvalue weighted by atomic mass is 10.0. The largest absolute Gasteiger partial charge is 0.313 e. The van der Waals surface area contributed by atoms with E-state index in [1.165, 1.54) is 11.3 Å². The Balaban J connectivity index is 2.22. The van der Waals surface area contributed by atoms with Gasteiger partial charge in [-0.3, -0.25) is 4.98 Å². The second-order valence-corrected chi connectivity index (χ2v) is 7.04. The highest BCUT2D eigenvalue weighted by Crippen LogP contribution is 2.36. The van der Waals surface area contributed by atoms with Crippen LogP contribution in [0.15, 0.2) is 29.0 Å².